The van der Waals surface area contributed by atoms with Gasteiger partial charge < -0.3 is 9.47 Å². The molecular formula is C13H27NO3. The molecule has 0 radical (unpaired) electrons. The molecule has 4 nitrogen and oxygen atoms in total. The third-order valence-corrected chi connectivity index (χ3v) is 2.73. The van der Waals surface area contributed by atoms with Gasteiger partial charge in [-0.3, -0.25) is 9.69 Å². The van der Waals surface area contributed by atoms with Crippen molar-refractivity contribution in [1.29, 1.82) is 0 Å². The highest BCUT2D eigenvalue weighted by atomic mass is 16.6. The van der Waals surface area contributed by atoms with E-state index in [0.29, 0.717) is 13.2 Å². The van der Waals surface area contributed by atoms with E-state index in [0.717, 1.165) is 32.5 Å². The lowest BCUT2D eigenvalue weighted by atomic mass is 10.2. The smallest absolute Gasteiger partial charge is 0.323 e. The molecule has 0 saturated carbocycles. The first-order chi connectivity index (χ1) is 8.21. The minimum atomic E-state index is -0.128. The lowest BCUT2D eigenvalue weighted by Crippen LogP contribution is -2.41. The van der Waals surface area contributed by atoms with E-state index in [1.54, 1.807) is 0 Å². The third kappa shape index (κ3) is 6.64. The van der Waals surface area contributed by atoms with Gasteiger partial charge in [0, 0.05) is 6.61 Å². The molecular weight excluding hydrogens is 218 g/mol. The van der Waals surface area contributed by atoms with Crippen LogP contribution in [0.3, 0.4) is 0 Å². The molecule has 0 heterocycles. The standard InChI is InChI=1S/C13H27NO3/c1-5-9-16-10-11-17-13(15)12(6-2)14(7-3)8-4/h12H,5-11H2,1-4H3/t12-/m1/s1. The molecule has 0 aromatic heterocycles. The van der Waals surface area contributed by atoms with E-state index >= 15 is 0 Å². The second-order valence-electron chi connectivity index (χ2n) is 3.93. The Kier molecular flexibility index (Phi) is 10.2. The quantitative estimate of drug-likeness (QED) is 0.436. The molecule has 0 rings (SSSR count). The Balaban J connectivity index is 3.91. The van der Waals surface area contributed by atoms with Gasteiger partial charge in [0.15, 0.2) is 0 Å². The van der Waals surface area contributed by atoms with Crippen molar-refractivity contribution < 1.29 is 14.3 Å². The van der Waals surface area contributed by atoms with Gasteiger partial charge in [-0.15, -0.1) is 0 Å². The maximum Gasteiger partial charge on any atom is 0.323 e. The van der Waals surface area contributed by atoms with Gasteiger partial charge in [0.2, 0.25) is 0 Å². The number of esters is 1. The van der Waals surface area contributed by atoms with Crippen LogP contribution in [-0.2, 0) is 14.3 Å². The summed E-state index contributed by atoms with van der Waals surface area (Å²) in [6.45, 7) is 11.5. The number of carbonyl (C=O) groups excluding carboxylic acids is 1. The lowest BCUT2D eigenvalue weighted by molar-refractivity contribution is -0.151. The van der Waals surface area contributed by atoms with Crippen molar-refractivity contribution in [3.05, 3.63) is 0 Å². The van der Waals surface area contributed by atoms with Crippen molar-refractivity contribution >= 4 is 5.97 Å². The molecule has 0 saturated heterocycles. The first-order valence-electron chi connectivity index (χ1n) is 6.69. The Labute approximate surface area is 105 Å². The maximum absolute atomic E-state index is 11.8. The van der Waals surface area contributed by atoms with Crippen molar-refractivity contribution in [3.63, 3.8) is 0 Å². The van der Waals surface area contributed by atoms with Crippen LogP contribution in [0, 0.1) is 0 Å². The van der Waals surface area contributed by atoms with Crippen molar-refractivity contribution in [2.45, 2.75) is 46.6 Å². The predicted octanol–water partition coefficient (Wildman–Crippen LogP) is 2.08. The van der Waals surface area contributed by atoms with Crippen molar-refractivity contribution in [2.75, 3.05) is 32.9 Å². The van der Waals surface area contributed by atoms with E-state index in [2.05, 4.69) is 25.7 Å². The Hall–Kier alpha value is -0.610. The van der Waals surface area contributed by atoms with Crippen LogP contribution in [0.15, 0.2) is 0 Å². The highest BCUT2D eigenvalue weighted by Gasteiger charge is 2.23. The van der Waals surface area contributed by atoms with Crippen LogP contribution in [0.5, 0.6) is 0 Å². The van der Waals surface area contributed by atoms with Crippen molar-refractivity contribution in [2.24, 2.45) is 0 Å². The summed E-state index contributed by atoms with van der Waals surface area (Å²) in [4.78, 5) is 14.0. The van der Waals surface area contributed by atoms with Crippen LogP contribution in [0.2, 0.25) is 0 Å². The molecule has 17 heavy (non-hydrogen) atoms. The van der Waals surface area contributed by atoms with Gasteiger partial charge in [-0.2, -0.15) is 0 Å². The fraction of sp³-hybridized carbons (Fsp3) is 0.923. The van der Waals surface area contributed by atoms with Crippen LogP contribution in [0.4, 0.5) is 0 Å². The van der Waals surface area contributed by atoms with E-state index in [1.165, 1.54) is 0 Å². The van der Waals surface area contributed by atoms with E-state index in [1.807, 2.05) is 6.92 Å². The average Bonchev–Trinajstić information content (AvgIpc) is 2.35. The van der Waals surface area contributed by atoms with Crippen LogP contribution < -0.4 is 0 Å². The monoisotopic (exact) mass is 245 g/mol. The van der Waals surface area contributed by atoms with Gasteiger partial charge in [-0.25, -0.2) is 0 Å². The van der Waals surface area contributed by atoms with Gasteiger partial charge in [0.05, 0.1) is 6.61 Å². The van der Waals surface area contributed by atoms with Gasteiger partial charge in [-0.05, 0) is 25.9 Å². The minimum Gasteiger partial charge on any atom is -0.462 e. The molecule has 0 amide bonds. The summed E-state index contributed by atoms with van der Waals surface area (Å²) in [5.74, 6) is -0.128. The summed E-state index contributed by atoms with van der Waals surface area (Å²) in [6, 6.07) is -0.115. The zero-order chi connectivity index (χ0) is 13.1. The molecule has 0 aliphatic carbocycles. The topological polar surface area (TPSA) is 38.8 Å². The maximum atomic E-state index is 11.8. The molecule has 102 valence electrons. The van der Waals surface area contributed by atoms with Crippen LogP contribution in [0.25, 0.3) is 0 Å². The zero-order valence-electron chi connectivity index (χ0n) is 11.7. The molecule has 0 N–H and O–H groups in total. The molecule has 1 atom stereocenters. The summed E-state index contributed by atoms with van der Waals surface area (Å²) >= 11 is 0. The van der Waals surface area contributed by atoms with Crippen LogP contribution in [-0.4, -0.2) is 49.8 Å². The third-order valence-electron chi connectivity index (χ3n) is 2.73. The predicted molar refractivity (Wildman–Crippen MR) is 69.1 cm³/mol. The number of hydrogen-bond acceptors (Lipinski definition) is 4. The molecule has 0 aromatic rings. The molecule has 0 aliphatic heterocycles. The van der Waals surface area contributed by atoms with E-state index in [9.17, 15) is 4.79 Å². The molecule has 0 aliphatic rings. The SMILES string of the molecule is CCCOCCOC(=O)[C@@H](CC)N(CC)CC. The van der Waals surface area contributed by atoms with Gasteiger partial charge >= 0.3 is 5.97 Å². The summed E-state index contributed by atoms with van der Waals surface area (Å²) in [5.41, 5.74) is 0. The largest absolute Gasteiger partial charge is 0.462 e. The number of nitrogens with zero attached hydrogens (tertiary/aromatic N) is 1. The normalized spacial score (nSPS) is 12.8. The Morgan fingerprint density at radius 2 is 1.71 bits per heavy atom. The number of rotatable bonds is 10. The first-order valence-corrected chi connectivity index (χ1v) is 6.69. The molecule has 4 heteroatoms. The van der Waals surface area contributed by atoms with Crippen molar-refractivity contribution in [3.8, 4) is 0 Å². The molecule has 0 spiro atoms. The summed E-state index contributed by atoms with van der Waals surface area (Å²) in [7, 11) is 0. The second kappa shape index (κ2) is 10.5. The molecule has 0 bridgehead atoms. The fourth-order valence-corrected chi connectivity index (χ4v) is 1.78. The Morgan fingerprint density at radius 1 is 1.06 bits per heavy atom. The number of ether oxygens (including phenoxy) is 2. The Morgan fingerprint density at radius 3 is 2.18 bits per heavy atom. The highest BCUT2D eigenvalue weighted by molar-refractivity contribution is 5.75. The fourth-order valence-electron chi connectivity index (χ4n) is 1.78. The minimum absolute atomic E-state index is 0.115. The van der Waals surface area contributed by atoms with E-state index in [-0.39, 0.29) is 12.0 Å². The van der Waals surface area contributed by atoms with E-state index in [4.69, 9.17) is 9.47 Å². The molecule has 0 aromatic carbocycles. The number of hydrogen-bond donors (Lipinski definition) is 0. The van der Waals surface area contributed by atoms with Gasteiger partial charge in [0.25, 0.3) is 0 Å². The van der Waals surface area contributed by atoms with Crippen LogP contribution in [0.1, 0.15) is 40.5 Å². The zero-order valence-corrected chi connectivity index (χ0v) is 11.7. The lowest BCUT2D eigenvalue weighted by Gasteiger charge is -2.26. The van der Waals surface area contributed by atoms with Crippen LogP contribution >= 0.6 is 0 Å². The molecule has 0 unspecified atom stereocenters. The summed E-state index contributed by atoms with van der Waals surface area (Å²) in [5, 5.41) is 0. The summed E-state index contributed by atoms with van der Waals surface area (Å²) in [6.07, 6.45) is 1.78. The number of carbonyl (C=O) groups is 1. The summed E-state index contributed by atoms with van der Waals surface area (Å²) < 4.78 is 10.5. The van der Waals surface area contributed by atoms with Gasteiger partial charge in [0.1, 0.15) is 12.6 Å². The molecule has 0 fully saturated rings. The number of likely N-dealkylation sites (N-methyl/N-ethyl adjacent to an activating group) is 1. The van der Waals surface area contributed by atoms with Crippen molar-refractivity contribution in [1.82, 2.24) is 4.90 Å². The van der Waals surface area contributed by atoms with Gasteiger partial charge in [-0.1, -0.05) is 27.7 Å². The average molecular weight is 245 g/mol. The second-order valence-corrected chi connectivity index (χ2v) is 3.93. The highest BCUT2D eigenvalue weighted by Crippen LogP contribution is 2.06. The Bertz CT molecular complexity index is 193. The van der Waals surface area contributed by atoms with E-state index < -0.39 is 0 Å². The first kappa shape index (κ1) is 16.4.